The number of hydrogen-bond acceptors (Lipinski definition) is 3. The van der Waals surface area contributed by atoms with E-state index in [1.807, 2.05) is 18.7 Å². The Labute approximate surface area is 124 Å². The number of alkyl halides is 1. The van der Waals surface area contributed by atoms with Crippen LogP contribution in [-0.4, -0.2) is 49.4 Å². The lowest BCUT2D eigenvalue weighted by atomic mass is 10.0. The van der Waals surface area contributed by atoms with Crippen LogP contribution >= 0.6 is 15.9 Å². The molecule has 0 aromatic heterocycles. The van der Waals surface area contributed by atoms with Gasteiger partial charge in [0.25, 0.3) is 0 Å². The number of carbonyl (C=O) groups is 1. The van der Waals surface area contributed by atoms with Gasteiger partial charge in [-0.2, -0.15) is 0 Å². The molecule has 19 heavy (non-hydrogen) atoms. The van der Waals surface area contributed by atoms with Crippen molar-refractivity contribution in [3.05, 3.63) is 0 Å². The number of rotatable bonds is 5. The first-order valence-corrected chi connectivity index (χ1v) is 9.42. The average molecular weight is 355 g/mol. The minimum atomic E-state index is -3.21. The molecule has 0 aromatic rings. The fourth-order valence-electron chi connectivity index (χ4n) is 2.19. The van der Waals surface area contributed by atoms with Crippen LogP contribution in [0.2, 0.25) is 0 Å². The molecule has 7 heteroatoms. The van der Waals surface area contributed by atoms with Crippen LogP contribution in [-0.2, 0) is 14.8 Å². The van der Waals surface area contributed by atoms with E-state index in [9.17, 15) is 13.2 Å². The number of nitrogens with zero attached hydrogens (tertiary/aromatic N) is 1. The number of nitrogens with one attached hydrogen (secondary N) is 1. The molecule has 0 aliphatic carbocycles. The molecule has 5 nitrogen and oxygen atoms in total. The molecule has 1 N–H and O–H groups in total. The highest BCUT2D eigenvalue weighted by Gasteiger charge is 2.31. The molecule has 0 spiro atoms. The maximum Gasteiger partial charge on any atom is 0.236 e. The van der Waals surface area contributed by atoms with Crippen molar-refractivity contribution in [1.29, 1.82) is 0 Å². The Morgan fingerprint density at radius 2 is 2.05 bits per heavy atom. The highest BCUT2D eigenvalue weighted by Crippen LogP contribution is 2.22. The van der Waals surface area contributed by atoms with Crippen LogP contribution in [0.15, 0.2) is 0 Å². The van der Waals surface area contributed by atoms with E-state index in [4.69, 9.17) is 0 Å². The average Bonchev–Trinajstić information content (AvgIpc) is 2.34. The van der Waals surface area contributed by atoms with Gasteiger partial charge in [0.1, 0.15) is 0 Å². The summed E-state index contributed by atoms with van der Waals surface area (Å²) in [4.78, 5) is 14.0. The van der Waals surface area contributed by atoms with Crippen molar-refractivity contribution in [2.45, 2.75) is 44.0 Å². The second kappa shape index (κ2) is 7.04. The lowest BCUT2D eigenvalue weighted by Gasteiger charge is -2.37. The van der Waals surface area contributed by atoms with Gasteiger partial charge in [-0.05, 0) is 25.2 Å². The fourth-order valence-corrected chi connectivity index (χ4v) is 2.95. The summed E-state index contributed by atoms with van der Waals surface area (Å²) in [6.45, 7) is 5.00. The summed E-state index contributed by atoms with van der Waals surface area (Å²) in [6.07, 6.45) is 4.02. The Morgan fingerprint density at radius 3 is 2.58 bits per heavy atom. The summed E-state index contributed by atoms with van der Waals surface area (Å²) in [5.41, 5.74) is 0. The minimum absolute atomic E-state index is 0.0326. The smallest absolute Gasteiger partial charge is 0.236 e. The van der Waals surface area contributed by atoms with E-state index in [0.29, 0.717) is 13.1 Å². The second-order valence-corrected chi connectivity index (χ2v) is 8.27. The zero-order valence-electron chi connectivity index (χ0n) is 11.7. The highest BCUT2D eigenvalue weighted by atomic mass is 79.9. The Kier molecular flexibility index (Phi) is 6.26. The van der Waals surface area contributed by atoms with E-state index < -0.39 is 10.0 Å². The van der Waals surface area contributed by atoms with Gasteiger partial charge in [-0.1, -0.05) is 29.8 Å². The van der Waals surface area contributed by atoms with Crippen LogP contribution in [0.4, 0.5) is 0 Å². The van der Waals surface area contributed by atoms with Crippen LogP contribution in [0, 0.1) is 5.92 Å². The largest absolute Gasteiger partial charge is 0.337 e. The standard InChI is InChI=1S/C12H23BrN2O3S/c1-9(2)11(13)12(16)15-7-5-4-6-10(15)8-14-19(3,17)18/h9-11,14H,4-8H2,1-3H3. The van der Waals surface area contributed by atoms with Crippen molar-refractivity contribution < 1.29 is 13.2 Å². The van der Waals surface area contributed by atoms with E-state index in [2.05, 4.69) is 20.7 Å². The topological polar surface area (TPSA) is 66.5 Å². The van der Waals surface area contributed by atoms with E-state index in [1.54, 1.807) is 0 Å². The summed E-state index contributed by atoms with van der Waals surface area (Å²) in [7, 11) is -3.21. The second-order valence-electron chi connectivity index (χ2n) is 5.45. The molecule has 1 heterocycles. The summed E-state index contributed by atoms with van der Waals surface area (Å²) >= 11 is 3.43. The highest BCUT2D eigenvalue weighted by molar-refractivity contribution is 9.10. The molecule has 2 atom stereocenters. The number of carbonyl (C=O) groups excluding carboxylic acids is 1. The molecule has 1 saturated heterocycles. The number of hydrogen-bond donors (Lipinski definition) is 1. The number of likely N-dealkylation sites (tertiary alicyclic amines) is 1. The molecule has 0 radical (unpaired) electrons. The Morgan fingerprint density at radius 1 is 1.42 bits per heavy atom. The first-order valence-electron chi connectivity index (χ1n) is 6.61. The van der Waals surface area contributed by atoms with Crippen molar-refractivity contribution in [3.63, 3.8) is 0 Å². The third kappa shape index (κ3) is 5.39. The predicted molar refractivity (Wildman–Crippen MR) is 79.8 cm³/mol. The van der Waals surface area contributed by atoms with Gasteiger partial charge < -0.3 is 4.90 Å². The normalized spacial score (nSPS) is 22.6. The molecular weight excluding hydrogens is 332 g/mol. The first kappa shape index (κ1) is 16.9. The summed E-state index contributed by atoms with van der Waals surface area (Å²) in [6, 6.07) is -0.0326. The fraction of sp³-hybridized carbons (Fsp3) is 0.917. The quantitative estimate of drug-likeness (QED) is 0.757. The van der Waals surface area contributed by atoms with E-state index >= 15 is 0 Å². The van der Waals surface area contributed by atoms with Gasteiger partial charge in [-0.3, -0.25) is 4.79 Å². The van der Waals surface area contributed by atoms with Gasteiger partial charge in [0, 0.05) is 19.1 Å². The monoisotopic (exact) mass is 354 g/mol. The van der Waals surface area contributed by atoms with Crippen LogP contribution < -0.4 is 4.72 Å². The van der Waals surface area contributed by atoms with Crippen molar-refractivity contribution in [1.82, 2.24) is 9.62 Å². The van der Waals surface area contributed by atoms with Crippen LogP contribution in [0.25, 0.3) is 0 Å². The van der Waals surface area contributed by atoms with Crippen LogP contribution in [0.5, 0.6) is 0 Å². The Hall–Kier alpha value is -0.140. The van der Waals surface area contributed by atoms with Crippen molar-refractivity contribution in [2.75, 3.05) is 19.3 Å². The van der Waals surface area contributed by atoms with E-state index in [-0.39, 0.29) is 22.7 Å². The Bertz CT molecular complexity index is 411. The minimum Gasteiger partial charge on any atom is -0.337 e. The lowest BCUT2D eigenvalue weighted by molar-refractivity contribution is -0.134. The molecule has 112 valence electrons. The molecule has 0 saturated carbocycles. The van der Waals surface area contributed by atoms with Crippen molar-refractivity contribution >= 4 is 31.9 Å². The summed E-state index contributed by atoms with van der Waals surface area (Å²) < 4.78 is 24.8. The predicted octanol–water partition coefficient (Wildman–Crippen LogP) is 1.34. The van der Waals surface area contributed by atoms with E-state index in [1.165, 1.54) is 0 Å². The molecule has 0 aromatic carbocycles. The number of piperidine rings is 1. The van der Waals surface area contributed by atoms with Gasteiger partial charge in [-0.15, -0.1) is 0 Å². The maximum absolute atomic E-state index is 12.4. The summed E-state index contributed by atoms with van der Waals surface area (Å²) in [5.74, 6) is 0.285. The molecule has 1 aliphatic heterocycles. The third-order valence-corrected chi connectivity index (χ3v) is 5.45. The molecular formula is C12H23BrN2O3S. The molecule has 0 bridgehead atoms. The maximum atomic E-state index is 12.4. The van der Waals surface area contributed by atoms with Gasteiger partial charge in [0.15, 0.2) is 0 Å². The van der Waals surface area contributed by atoms with Gasteiger partial charge in [0.05, 0.1) is 11.1 Å². The van der Waals surface area contributed by atoms with Gasteiger partial charge in [-0.25, -0.2) is 13.1 Å². The number of halogens is 1. The van der Waals surface area contributed by atoms with Crippen molar-refractivity contribution in [2.24, 2.45) is 5.92 Å². The van der Waals surface area contributed by atoms with Gasteiger partial charge in [0.2, 0.25) is 15.9 Å². The zero-order valence-corrected chi connectivity index (χ0v) is 14.1. The molecule has 1 amide bonds. The van der Waals surface area contributed by atoms with Crippen molar-refractivity contribution in [3.8, 4) is 0 Å². The van der Waals surface area contributed by atoms with Crippen LogP contribution in [0.1, 0.15) is 33.1 Å². The summed E-state index contributed by atoms with van der Waals surface area (Å²) in [5, 5.41) is 0. The van der Waals surface area contributed by atoms with Gasteiger partial charge >= 0.3 is 0 Å². The van der Waals surface area contributed by atoms with E-state index in [0.717, 1.165) is 25.5 Å². The number of sulfonamides is 1. The SMILES string of the molecule is CC(C)C(Br)C(=O)N1CCCCC1CNS(C)(=O)=O. The molecule has 1 fully saturated rings. The lowest BCUT2D eigenvalue weighted by Crippen LogP contribution is -2.52. The molecule has 1 rings (SSSR count). The zero-order chi connectivity index (χ0) is 14.6. The third-order valence-electron chi connectivity index (χ3n) is 3.31. The molecule has 1 aliphatic rings. The number of amides is 1. The van der Waals surface area contributed by atoms with Crippen LogP contribution in [0.3, 0.4) is 0 Å². The molecule has 2 unspecified atom stereocenters. The first-order chi connectivity index (χ1) is 8.72. The Balaban J connectivity index is 2.69.